The Balaban J connectivity index is 2.37. The highest BCUT2D eigenvalue weighted by atomic mass is 79.9. The summed E-state index contributed by atoms with van der Waals surface area (Å²) in [6, 6.07) is 8.09. The van der Waals surface area contributed by atoms with Gasteiger partial charge in [0.2, 0.25) is 5.91 Å². The van der Waals surface area contributed by atoms with E-state index >= 15 is 0 Å². The molecule has 0 spiro atoms. The molecule has 0 fully saturated rings. The third kappa shape index (κ3) is 4.08. The van der Waals surface area contributed by atoms with Gasteiger partial charge in [-0.3, -0.25) is 4.79 Å². The first-order valence-electron chi connectivity index (χ1n) is 4.21. The molecule has 1 aromatic carbocycles. The number of nitrogens with two attached hydrogens (primary N) is 1. The van der Waals surface area contributed by atoms with E-state index in [1.807, 2.05) is 24.3 Å². The highest BCUT2D eigenvalue weighted by Gasteiger charge is 1.96. The average Bonchev–Trinajstić information content (AvgIpc) is 2.08. The molecule has 0 aliphatic heterocycles. The van der Waals surface area contributed by atoms with Crippen molar-refractivity contribution >= 4 is 21.8 Å². The predicted molar refractivity (Wildman–Crippen MR) is 56.3 cm³/mol. The van der Waals surface area contributed by atoms with Crippen LogP contribution in [0.5, 0.6) is 0 Å². The molecular formula is C10H12BrNO. The van der Waals surface area contributed by atoms with E-state index in [9.17, 15) is 4.79 Å². The molecule has 2 N–H and O–H groups in total. The zero-order chi connectivity index (χ0) is 9.68. The standard InChI is InChI=1S/C10H12BrNO/c11-9-6-4-8(5-7-9)2-1-3-10(12)13/h4-7H,1-3H2,(H2,12,13). The second kappa shape index (κ2) is 5.02. The molecule has 0 aliphatic carbocycles. The summed E-state index contributed by atoms with van der Waals surface area (Å²) in [6.07, 6.45) is 2.21. The number of primary amides is 1. The van der Waals surface area contributed by atoms with Crippen molar-refractivity contribution in [3.05, 3.63) is 34.3 Å². The summed E-state index contributed by atoms with van der Waals surface area (Å²) in [5, 5.41) is 0. The van der Waals surface area contributed by atoms with Crippen molar-refractivity contribution in [1.82, 2.24) is 0 Å². The fourth-order valence-corrected chi connectivity index (χ4v) is 1.38. The molecule has 3 heteroatoms. The molecule has 1 rings (SSSR count). The van der Waals surface area contributed by atoms with Gasteiger partial charge in [-0.1, -0.05) is 28.1 Å². The molecule has 0 unspecified atom stereocenters. The van der Waals surface area contributed by atoms with Gasteiger partial charge in [-0.2, -0.15) is 0 Å². The maximum absolute atomic E-state index is 10.5. The van der Waals surface area contributed by atoms with Gasteiger partial charge in [-0.05, 0) is 30.5 Å². The number of aryl methyl sites for hydroxylation is 1. The lowest BCUT2D eigenvalue weighted by atomic mass is 10.1. The first-order valence-corrected chi connectivity index (χ1v) is 5.00. The molecule has 1 amide bonds. The Labute approximate surface area is 86.3 Å². The minimum atomic E-state index is -0.225. The SMILES string of the molecule is NC(=O)CCCc1ccc(Br)cc1. The van der Waals surface area contributed by atoms with Crippen LogP contribution in [0.2, 0.25) is 0 Å². The second-order valence-electron chi connectivity index (χ2n) is 2.95. The first kappa shape index (κ1) is 10.3. The van der Waals surface area contributed by atoms with Crippen molar-refractivity contribution in [2.24, 2.45) is 5.73 Å². The molecule has 0 heterocycles. The van der Waals surface area contributed by atoms with Gasteiger partial charge >= 0.3 is 0 Å². The monoisotopic (exact) mass is 241 g/mol. The van der Waals surface area contributed by atoms with Crippen LogP contribution in [0.25, 0.3) is 0 Å². The van der Waals surface area contributed by atoms with Crippen LogP contribution in [-0.2, 0) is 11.2 Å². The highest BCUT2D eigenvalue weighted by molar-refractivity contribution is 9.10. The van der Waals surface area contributed by atoms with Crippen molar-refractivity contribution < 1.29 is 4.79 Å². The minimum Gasteiger partial charge on any atom is -0.370 e. The number of rotatable bonds is 4. The molecule has 0 radical (unpaired) electrons. The summed E-state index contributed by atoms with van der Waals surface area (Å²) in [7, 11) is 0. The van der Waals surface area contributed by atoms with Gasteiger partial charge < -0.3 is 5.73 Å². The van der Waals surface area contributed by atoms with E-state index in [0.29, 0.717) is 6.42 Å². The number of halogens is 1. The molecule has 70 valence electrons. The Bertz CT molecular complexity index is 281. The lowest BCUT2D eigenvalue weighted by Crippen LogP contribution is -2.10. The van der Waals surface area contributed by atoms with E-state index in [2.05, 4.69) is 15.9 Å². The zero-order valence-electron chi connectivity index (χ0n) is 7.29. The van der Waals surface area contributed by atoms with Crippen molar-refractivity contribution in [1.29, 1.82) is 0 Å². The van der Waals surface area contributed by atoms with Gasteiger partial charge in [-0.25, -0.2) is 0 Å². The first-order chi connectivity index (χ1) is 6.18. The Morgan fingerprint density at radius 1 is 1.31 bits per heavy atom. The van der Waals surface area contributed by atoms with Crippen LogP contribution in [-0.4, -0.2) is 5.91 Å². The molecule has 0 aliphatic rings. The van der Waals surface area contributed by atoms with Crippen LogP contribution in [0, 0.1) is 0 Å². The van der Waals surface area contributed by atoms with Gasteiger partial charge in [0.25, 0.3) is 0 Å². The molecule has 2 nitrogen and oxygen atoms in total. The third-order valence-corrected chi connectivity index (χ3v) is 2.33. The minimum absolute atomic E-state index is 0.225. The van der Waals surface area contributed by atoms with E-state index in [4.69, 9.17) is 5.73 Å². The van der Waals surface area contributed by atoms with E-state index in [-0.39, 0.29) is 5.91 Å². The number of amides is 1. The van der Waals surface area contributed by atoms with E-state index < -0.39 is 0 Å². The largest absolute Gasteiger partial charge is 0.370 e. The van der Waals surface area contributed by atoms with E-state index in [1.54, 1.807) is 0 Å². The van der Waals surface area contributed by atoms with Crippen molar-refractivity contribution in [3.8, 4) is 0 Å². The summed E-state index contributed by atoms with van der Waals surface area (Å²) in [4.78, 5) is 10.5. The molecule has 0 saturated carbocycles. The highest BCUT2D eigenvalue weighted by Crippen LogP contribution is 2.12. The number of carbonyl (C=O) groups is 1. The summed E-state index contributed by atoms with van der Waals surface area (Å²) in [6.45, 7) is 0. The van der Waals surface area contributed by atoms with Crippen LogP contribution >= 0.6 is 15.9 Å². The van der Waals surface area contributed by atoms with Crippen LogP contribution in [0.4, 0.5) is 0 Å². The summed E-state index contributed by atoms with van der Waals surface area (Å²) in [5.41, 5.74) is 6.27. The number of carbonyl (C=O) groups excluding carboxylic acids is 1. The Hall–Kier alpha value is -0.830. The van der Waals surface area contributed by atoms with Crippen LogP contribution in [0.15, 0.2) is 28.7 Å². The fourth-order valence-electron chi connectivity index (χ4n) is 1.12. The number of hydrogen-bond acceptors (Lipinski definition) is 1. The quantitative estimate of drug-likeness (QED) is 0.864. The summed E-state index contributed by atoms with van der Waals surface area (Å²) >= 11 is 3.36. The number of benzene rings is 1. The molecule has 0 aromatic heterocycles. The molecular weight excluding hydrogens is 230 g/mol. The molecule has 0 bridgehead atoms. The van der Waals surface area contributed by atoms with Crippen LogP contribution in [0.3, 0.4) is 0 Å². The van der Waals surface area contributed by atoms with Gasteiger partial charge in [-0.15, -0.1) is 0 Å². The fraction of sp³-hybridized carbons (Fsp3) is 0.300. The Morgan fingerprint density at radius 3 is 2.46 bits per heavy atom. The van der Waals surface area contributed by atoms with Gasteiger partial charge in [0.15, 0.2) is 0 Å². The lowest BCUT2D eigenvalue weighted by Gasteiger charge is -1.99. The van der Waals surface area contributed by atoms with E-state index in [1.165, 1.54) is 5.56 Å². The van der Waals surface area contributed by atoms with Gasteiger partial charge in [0.1, 0.15) is 0 Å². The topological polar surface area (TPSA) is 43.1 Å². The maximum Gasteiger partial charge on any atom is 0.217 e. The normalized spacial score (nSPS) is 9.92. The Morgan fingerprint density at radius 2 is 1.92 bits per heavy atom. The second-order valence-corrected chi connectivity index (χ2v) is 3.86. The van der Waals surface area contributed by atoms with E-state index in [0.717, 1.165) is 17.3 Å². The Kier molecular flexibility index (Phi) is 3.96. The zero-order valence-corrected chi connectivity index (χ0v) is 8.88. The van der Waals surface area contributed by atoms with Crippen molar-refractivity contribution in [3.63, 3.8) is 0 Å². The summed E-state index contributed by atoms with van der Waals surface area (Å²) < 4.78 is 1.08. The predicted octanol–water partition coefficient (Wildman–Crippen LogP) is 2.26. The maximum atomic E-state index is 10.5. The average molecular weight is 242 g/mol. The smallest absolute Gasteiger partial charge is 0.217 e. The summed E-state index contributed by atoms with van der Waals surface area (Å²) in [5.74, 6) is -0.225. The third-order valence-electron chi connectivity index (χ3n) is 1.80. The number of hydrogen-bond donors (Lipinski definition) is 1. The lowest BCUT2D eigenvalue weighted by molar-refractivity contribution is -0.118. The van der Waals surface area contributed by atoms with Gasteiger partial charge in [0.05, 0.1) is 0 Å². The van der Waals surface area contributed by atoms with Crippen molar-refractivity contribution in [2.45, 2.75) is 19.3 Å². The van der Waals surface area contributed by atoms with Crippen molar-refractivity contribution in [2.75, 3.05) is 0 Å². The molecule has 1 aromatic rings. The molecule has 0 saturated heterocycles. The molecule has 13 heavy (non-hydrogen) atoms. The van der Waals surface area contributed by atoms with Crippen LogP contribution in [0.1, 0.15) is 18.4 Å². The van der Waals surface area contributed by atoms with Gasteiger partial charge in [0, 0.05) is 10.9 Å². The van der Waals surface area contributed by atoms with Crippen LogP contribution < -0.4 is 5.73 Å². The molecule has 0 atom stereocenters.